The first kappa shape index (κ1) is 23.0. The van der Waals surface area contributed by atoms with Gasteiger partial charge in [-0.1, -0.05) is 37.3 Å². The van der Waals surface area contributed by atoms with Gasteiger partial charge < -0.3 is 9.47 Å². The second kappa shape index (κ2) is 10.1. The third kappa shape index (κ3) is 5.74. The Morgan fingerprint density at radius 3 is 2.40 bits per heavy atom. The van der Waals surface area contributed by atoms with E-state index in [1.165, 1.54) is 12.7 Å². The van der Waals surface area contributed by atoms with Gasteiger partial charge in [0.05, 0.1) is 32.1 Å². The normalized spacial score (nSPS) is 29.7. The van der Waals surface area contributed by atoms with E-state index in [4.69, 9.17) is 9.47 Å². The number of benzene rings is 1. The maximum atomic E-state index is 12.4. The monoisotopic (exact) mass is 438 g/mol. The Hall–Kier alpha value is -1.64. The molecule has 0 radical (unpaired) electrons. The van der Waals surface area contributed by atoms with Crippen LogP contribution in [0.2, 0.25) is 0 Å². The molecule has 1 heterocycles. The van der Waals surface area contributed by atoms with Crippen molar-refractivity contribution < 1.29 is 22.7 Å². The van der Waals surface area contributed by atoms with E-state index in [1.807, 2.05) is 13.0 Å². The average Bonchev–Trinajstić information content (AvgIpc) is 3.08. The molecule has 1 amide bonds. The number of nitrogens with zero attached hydrogens (tertiary/aromatic N) is 1. The SMILES string of the molecule is CCC1CC(NS(C)(=O)=O)C(COC2CCC(c3ccccc3)CC2)N1C(=O)OC. The molecule has 8 heteroatoms. The van der Waals surface area contributed by atoms with Crippen LogP contribution in [0.4, 0.5) is 4.79 Å². The molecule has 168 valence electrons. The second-order valence-corrected chi connectivity index (χ2v) is 10.2. The molecular formula is C22H34N2O5S. The number of hydrogen-bond acceptors (Lipinski definition) is 5. The van der Waals surface area contributed by atoms with Gasteiger partial charge in [-0.25, -0.2) is 17.9 Å². The predicted octanol–water partition coefficient (Wildman–Crippen LogP) is 3.27. The van der Waals surface area contributed by atoms with Crippen molar-refractivity contribution >= 4 is 16.1 Å². The molecule has 2 fully saturated rings. The van der Waals surface area contributed by atoms with Gasteiger partial charge in [0, 0.05) is 12.1 Å². The highest BCUT2D eigenvalue weighted by molar-refractivity contribution is 7.88. The number of amides is 1. The van der Waals surface area contributed by atoms with Crippen molar-refractivity contribution in [1.29, 1.82) is 0 Å². The second-order valence-electron chi connectivity index (χ2n) is 8.46. The summed E-state index contributed by atoms with van der Waals surface area (Å²) < 4.78 is 37.6. The molecule has 3 rings (SSSR count). The lowest BCUT2D eigenvalue weighted by molar-refractivity contribution is -0.00944. The van der Waals surface area contributed by atoms with Crippen LogP contribution in [0.15, 0.2) is 30.3 Å². The van der Waals surface area contributed by atoms with Crippen molar-refractivity contribution in [2.24, 2.45) is 0 Å². The van der Waals surface area contributed by atoms with Crippen LogP contribution < -0.4 is 4.72 Å². The smallest absolute Gasteiger partial charge is 0.410 e. The van der Waals surface area contributed by atoms with Crippen LogP contribution >= 0.6 is 0 Å². The van der Waals surface area contributed by atoms with E-state index in [-0.39, 0.29) is 24.2 Å². The Bertz CT molecular complexity index is 793. The molecule has 1 aliphatic heterocycles. The largest absolute Gasteiger partial charge is 0.453 e. The number of nitrogens with one attached hydrogen (secondary N) is 1. The van der Waals surface area contributed by atoms with Gasteiger partial charge in [0.25, 0.3) is 0 Å². The lowest BCUT2D eigenvalue weighted by Gasteiger charge is -2.33. The van der Waals surface area contributed by atoms with Crippen molar-refractivity contribution in [3.63, 3.8) is 0 Å². The molecular weight excluding hydrogens is 404 g/mol. The number of hydrogen-bond donors (Lipinski definition) is 1. The van der Waals surface area contributed by atoms with Crippen molar-refractivity contribution in [3.8, 4) is 0 Å². The van der Waals surface area contributed by atoms with Crippen molar-refractivity contribution in [3.05, 3.63) is 35.9 Å². The summed E-state index contributed by atoms with van der Waals surface area (Å²) in [5, 5.41) is 0. The van der Waals surface area contributed by atoms with Gasteiger partial charge in [-0.2, -0.15) is 0 Å². The zero-order valence-electron chi connectivity index (χ0n) is 18.1. The molecule has 7 nitrogen and oxygen atoms in total. The molecule has 3 unspecified atom stereocenters. The van der Waals surface area contributed by atoms with Gasteiger partial charge in [0.1, 0.15) is 0 Å². The number of ether oxygens (including phenoxy) is 2. The molecule has 1 saturated carbocycles. The number of carbonyl (C=O) groups excluding carboxylic acids is 1. The van der Waals surface area contributed by atoms with E-state index in [0.717, 1.165) is 38.4 Å². The molecule has 30 heavy (non-hydrogen) atoms. The van der Waals surface area contributed by atoms with Gasteiger partial charge >= 0.3 is 6.09 Å². The highest BCUT2D eigenvalue weighted by atomic mass is 32.2. The van der Waals surface area contributed by atoms with Crippen LogP contribution in [-0.2, 0) is 19.5 Å². The van der Waals surface area contributed by atoms with Gasteiger partial charge in [0.15, 0.2) is 0 Å². The molecule has 1 aromatic rings. The Balaban J connectivity index is 1.62. The molecule has 3 atom stereocenters. The lowest BCUT2D eigenvalue weighted by atomic mass is 9.83. The zero-order valence-corrected chi connectivity index (χ0v) is 18.9. The van der Waals surface area contributed by atoms with Crippen LogP contribution in [0, 0.1) is 0 Å². The molecule has 1 aliphatic carbocycles. The fraction of sp³-hybridized carbons (Fsp3) is 0.682. The fourth-order valence-electron chi connectivity index (χ4n) is 4.90. The first-order valence-electron chi connectivity index (χ1n) is 10.8. The first-order valence-corrected chi connectivity index (χ1v) is 12.7. The Kier molecular flexibility index (Phi) is 7.76. The van der Waals surface area contributed by atoms with Crippen molar-refractivity contribution in [1.82, 2.24) is 9.62 Å². The summed E-state index contributed by atoms with van der Waals surface area (Å²) in [6, 6.07) is 9.76. The van der Waals surface area contributed by atoms with E-state index in [2.05, 4.69) is 29.0 Å². The van der Waals surface area contributed by atoms with Crippen molar-refractivity contribution in [2.45, 2.75) is 75.6 Å². The van der Waals surface area contributed by atoms with E-state index in [9.17, 15) is 13.2 Å². The zero-order chi connectivity index (χ0) is 21.7. The summed E-state index contributed by atoms with van der Waals surface area (Å²) in [5.41, 5.74) is 1.38. The van der Waals surface area contributed by atoms with Gasteiger partial charge in [-0.05, 0) is 50.0 Å². The third-order valence-electron chi connectivity index (χ3n) is 6.41. The summed E-state index contributed by atoms with van der Waals surface area (Å²) >= 11 is 0. The molecule has 0 aromatic heterocycles. The summed E-state index contributed by atoms with van der Waals surface area (Å²) in [5.74, 6) is 0.563. The highest BCUT2D eigenvalue weighted by Gasteiger charge is 2.45. The van der Waals surface area contributed by atoms with Crippen LogP contribution in [-0.4, -0.2) is 63.6 Å². The van der Waals surface area contributed by atoms with Gasteiger partial charge in [0.2, 0.25) is 10.0 Å². The molecule has 0 spiro atoms. The topological polar surface area (TPSA) is 84.9 Å². The Morgan fingerprint density at radius 1 is 1.17 bits per heavy atom. The number of methoxy groups -OCH3 is 1. The number of likely N-dealkylation sites (tertiary alicyclic amines) is 1. The van der Waals surface area contributed by atoms with E-state index < -0.39 is 16.1 Å². The number of rotatable bonds is 7. The van der Waals surface area contributed by atoms with Gasteiger partial charge in [-0.15, -0.1) is 0 Å². The molecule has 1 N–H and O–H groups in total. The van der Waals surface area contributed by atoms with Crippen molar-refractivity contribution in [2.75, 3.05) is 20.0 Å². The summed E-state index contributed by atoms with van der Waals surface area (Å²) in [7, 11) is -2.04. The predicted molar refractivity (Wildman–Crippen MR) is 116 cm³/mol. The quantitative estimate of drug-likeness (QED) is 0.706. The number of sulfonamides is 1. The summed E-state index contributed by atoms with van der Waals surface area (Å²) in [4.78, 5) is 14.1. The molecule has 0 bridgehead atoms. The minimum atomic E-state index is -3.39. The maximum Gasteiger partial charge on any atom is 0.410 e. The van der Waals surface area contributed by atoms with Crippen LogP contribution in [0.5, 0.6) is 0 Å². The first-order chi connectivity index (χ1) is 14.3. The summed E-state index contributed by atoms with van der Waals surface area (Å²) in [6.45, 7) is 2.30. The van der Waals surface area contributed by atoms with Crippen LogP contribution in [0.1, 0.15) is 56.9 Å². The molecule has 1 aromatic carbocycles. The van der Waals surface area contributed by atoms with E-state index >= 15 is 0 Å². The van der Waals surface area contributed by atoms with E-state index in [0.29, 0.717) is 18.9 Å². The lowest BCUT2D eigenvalue weighted by Crippen LogP contribution is -2.50. The maximum absolute atomic E-state index is 12.4. The highest BCUT2D eigenvalue weighted by Crippen LogP contribution is 2.35. The van der Waals surface area contributed by atoms with E-state index in [1.54, 1.807) is 4.90 Å². The fourth-order valence-corrected chi connectivity index (χ4v) is 5.71. The van der Waals surface area contributed by atoms with Gasteiger partial charge in [-0.3, -0.25) is 4.90 Å². The molecule has 2 aliphatic rings. The average molecular weight is 439 g/mol. The Labute approximate surface area is 180 Å². The summed E-state index contributed by atoms with van der Waals surface area (Å²) in [6.07, 6.45) is 6.22. The third-order valence-corrected chi connectivity index (χ3v) is 7.14. The number of carbonyl (C=O) groups is 1. The minimum Gasteiger partial charge on any atom is -0.453 e. The minimum absolute atomic E-state index is 0.0703. The van der Waals surface area contributed by atoms with Crippen LogP contribution in [0.25, 0.3) is 0 Å². The van der Waals surface area contributed by atoms with Crippen LogP contribution in [0.3, 0.4) is 0 Å². The standard InChI is InChI=1S/C22H34N2O5S/c1-4-18-14-20(23-30(3,26)27)21(24(18)22(25)28-2)15-29-19-12-10-17(11-13-19)16-8-6-5-7-9-16/h5-9,17-21,23H,4,10-15H2,1-3H3. The molecule has 1 saturated heterocycles. The Morgan fingerprint density at radius 2 is 1.83 bits per heavy atom.